The van der Waals surface area contributed by atoms with E-state index in [9.17, 15) is 0 Å². The van der Waals surface area contributed by atoms with Crippen LogP contribution in [0.1, 0.15) is 13.3 Å². The smallest absolute Gasteiger partial charge is 0.113 e. The lowest BCUT2D eigenvalue weighted by atomic mass is 10.2. The van der Waals surface area contributed by atoms with E-state index in [2.05, 4.69) is 11.5 Å². The molecule has 0 unspecified atom stereocenters. The molecule has 0 aliphatic rings. The van der Waals surface area contributed by atoms with E-state index in [1.165, 1.54) is 6.08 Å². The molecule has 0 radical (unpaired) electrons. The first-order valence-corrected chi connectivity index (χ1v) is 2.81. The maximum absolute atomic E-state index is 8.75. The monoisotopic (exact) mass is 132 g/mol. The van der Waals surface area contributed by atoms with E-state index in [0.717, 1.165) is 0 Å². The maximum Gasteiger partial charge on any atom is 0.113 e. The van der Waals surface area contributed by atoms with Crippen molar-refractivity contribution in [2.45, 2.75) is 25.6 Å². The van der Waals surface area contributed by atoms with E-state index >= 15 is 0 Å². The fourth-order valence-corrected chi connectivity index (χ4v) is 0.518. The van der Waals surface area contributed by atoms with Crippen molar-refractivity contribution in [3.05, 3.63) is 12.7 Å². The summed E-state index contributed by atoms with van der Waals surface area (Å²) in [5.74, 6) is 0. The Labute approximate surface area is 54.5 Å². The first kappa shape index (κ1) is 8.62. The summed E-state index contributed by atoms with van der Waals surface area (Å²) >= 11 is 0. The van der Waals surface area contributed by atoms with Crippen LogP contribution in [0.4, 0.5) is 0 Å². The predicted octanol–water partition coefficient (Wildman–Crippen LogP) is 0.801. The molecule has 2 N–H and O–H groups in total. The van der Waals surface area contributed by atoms with Crippen LogP contribution in [0, 0.1) is 0 Å². The van der Waals surface area contributed by atoms with Gasteiger partial charge in [0.2, 0.25) is 0 Å². The second-order valence-corrected chi connectivity index (χ2v) is 1.96. The van der Waals surface area contributed by atoms with Crippen LogP contribution in [0.2, 0.25) is 0 Å². The summed E-state index contributed by atoms with van der Waals surface area (Å²) in [6, 6.07) is 0. The molecule has 0 fully saturated rings. The highest BCUT2D eigenvalue weighted by atomic mass is 17.1. The Hall–Kier alpha value is -0.380. The molecule has 0 bridgehead atoms. The van der Waals surface area contributed by atoms with E-state index in [4.69, 9.17) is 10.4 Å². The molecule has 0 aromatic heterocycles. The van der Waals surface area contributed by atoms with Crippen molar-refractivity contribution in [1.82, 2.24) is 0 Å². The second kappa shape index (κ2) is 4.49. The van der Waals surface area contributed by atoms with Gasteiger partial charge in [0, 0.05) is 6.42 Å². The summed E-state index contributed by atoms with van der Waals surface area (Å²) in [4.78, 5) is 3.93. The fourth-order valence-electron chi connectivity index (χ4n) is 0.518. The number of hydrogen-bond donors (Lipinski definition) is 2. The van der Waals surface area contributed by atoms with E-state index in [1.54, 1.807) is 6.92 Å². The number of aliphatic hydroxyl groups excluding tert-OH is 1. The van der Waals surface area contributed by atoms with Crippen molar-refractivity contribution in [3.63, 3.8) is 0 Å². The van der Waals surface area contributed by atoms with Gasteiger partial charge < -0.3 is 5.11 Å². The molecule has 2 atom stereocenters. The minimum atomic E-state index is -0.472. The fraction of sp³-hybridized carbons (Fsp3) is 0.667. The topological polar surface area (TPSA) is 49.7 Å². The van der Waals surface area contributed by atoms with Gasteiger partial charge in [-0.25, -0.2) is 4.89 Å². The molecule has 0 saturated carbocycles. The Bertz CT molecular complexity index is 80.4. The zero-order valence-corrected chi connectivity index (χ0v) is 5.45. The largest absolute Gasteiger partial charge is 0.393 e. The van der Waals surface area contributed by atoms with E-state index < -0.39 is 12.2 Å². The van der Waals surface area contributed by atoms with Crippen molar-refractivity contribution in [3.8, 4) is 0 Å². The minimum Gasteiger partial charge on any atom is -0.393 e. The van der Waals surface area contributed by atoms with Crippen LogP contribution in [0.15, 0.2) is 12.7 Å². The number of rotatable bonds is 4. The molecule has 54 valence electrons. The molecule has 3 heteroatoms. The molecule has 0 aromatic carbocycles. The highest BCUT2D eigenvalue weighted by molar-refractivity contribution is 4.79. The van der Waals surface area contributed by atoms with Gasteiger partial charge in [0.1, 0.15) is 6.10 Å². The number of aliphatic hydroxyl groups is 1. The Morgan fingerprint density at radius 2 is 2.33 bits per heavy atom. The molecule has 0 rings (SSSR count). The van der Waals surface area contributed by atoms with Gasteiger partial charge >= 0.3 is 0 Å². The average Bonchev–Trinajstić information content (AvgIpc) is 1.82. The Morgan fingerprint density at radius 1 is 1.78 bits per heavy atom. The zero-order valence-electron chi connectivity index (χ0n) is 5.45. The lowest BCUT2D eigenvalue weighted by Crippen LogP contribution is -2.14. The third-order valence-electron chi connectivity index (χ3n) is 0.972. The second-order valence-electron chi connectivity index (χ2n) is 1.96. The van der Waals surface area contributed by atoms with Gasteiger partial charge in [-0.2, -0.15) is 0 Å². The molecule has 3 nitrogen and oxygen atoms in total. The van der Waals surface area contributed by atoms with Gasteiger partial charge in [-0.15, -0.1) is 6.58 Å². The Balaban J connectivity index is 3.42. The normalized spacial score (nSPS) is 16.8. The standard InChI is InChI=1S/C6H12O3/c1-3-6(9-8)4-5(2)7/h3,5-8H,1,4H2,2H3/t5-,6-/m0/s1. The van der Waals surface area contributed by atoms with Crippen LogP contribution in [-0.2, 0) is 4.89 Å². The Kier molecular flexibility index (Phi) is 4.30. The van der Waals surface area contributed by atoms with E-state index in [1.807, 2.05) is 0 Å². The molecule has 9 heavy (non-hydrogen) atoms. The highest BCUT2D eigenvalue weighted by Crippen LogP contribution is 2.00. The summed E-state index contributed by atoms with van der Waals surface area (Å²) in [5, 5.41) is 16.8. The molecule has 0 aliphatic heterocycles. The van der Waals surface area contributed by atoms with Crippen molar-refractivity contribution in [1.29, 1.82) is 0 Å². The predicted molar refractivity (Wildman–Crippen MR) is 34.0 cm³/mol. The third-order valence-corrected chi connectivity index (χ3v) is 0.972. The Morgan fingerprint density at radius 3 is 2.44 bits per heavy atom. The summed E-state index contributed by atoms with van der Waals surface area (Å²) in [7, 11) is 0. The lowest BCUT2D eigenvalue weighted by Gasteiger charge is -2.08. The summed E-state index contributed by atoms with van der Waals surface area (Å²) in [5.41, 5.74) is 0. The number of hydrogen-bond acceptors (Lipinski definition) is 3. The van der Waals surface area contributed by atoms with Crippen molar-refractivity contribution >= 4 is 0 Å². The van der Waals surface area contributed by atoms with Crippen LogP contribution < -0.4 is 0 Å². The van der Waals surface area contributed by atoms with Crippen LogP contribution >= 0.6 is 0 Å². The third kappa shape index (κ3) is 4.14. The molecule has 0 saturated heterocycles. The van der Waals surface area contributed by atoms with Crippen LogP contribution in [0.3, 0.4) is 0 Å². The molecule has 0 amide bonds. The van der Waals surface area contributed by atoms with Gasteiger partial charge in [-0.3, -0.25) is 5.26 Å². The van der Waals surface area contributed by atoms with Crippen molar-refractivity contribution < 1.29 is 15.3 Å². The minimum absolute atomic E-state index is 0.375. The average molecular weight is 132 g/mol. The van der Waals surface area contributed by atoms with E-state index in [0.29, 0.717) is 6.42 Å². The quantitative estimate of drug-likeness (QED) is 0.338. The van der Waals surface area contributed by atoms with Gasteiger partial charge in [0.05, 0.1) is 6.10 Å². The first-order chi connectivity index (χ1) is 4.20. The first-order valence-electron chi connectivity index (χ1n) is 2.81. The summed E-state index contributed by atoms with van der Waals surface area (Å²) in [6.45, 7) is 5.01. The molecule has 0 spiro atoms. The molecule has 0 aliphatic carbocycles. The maximum atomic E-state index is 8.75. The van der Waals surface area contributed by atoms with Crippen LogP contribution in [-0.4, -0.2) is 22.6 Å². The lowest BCUT2D eigenvalue weighted by molar-refractivity contribution is -0.269. The summed E-state index contributed by atoms with van der Waals surface area (Å²) in [6.07, 6.45) is 0.886. The van der Waals surface area contributed by atoms with Crippen LogP contribution in [0.5, 0.6) is 0 Å². The van der Waals surface area contributed by atoms with Crippen molar-refractivity contribution in [2.75, 3.05) is 0 Å². The van der Waals surface area contributed by atoms with Crippen molar-refractivity contribution in [2.24, 2.45) is 0 Å². The van der Waals surface area contributed by atoms with Crippen LogP contribution in [0.25, 0.3) is 0 Å². The molecular formula is C6H12O3. The molecule has 0 heterocycles. The SMILES string of the molecule is C=C[C@@H](C[C@H](C)O)OO. The van der Waals surface area contributed by atoms with E-state index in [-0.39, 0.29) is 0 Å². The van der Waals surface area contributed by atoms with Gasteiger partial charge in [0.15, 0.2) is 0 Å². The van der Waals surface area contributed by atoms with Gasteiger partial charge in [-0.05, 0) is 6.92 Å². The zero-order chi connectivity index (χ0) is 7.28. The van der Waals surface area contributed by atoms with Gasteiger partial charge in [0.25, 0.3) is 0 Å². The molecule has 0 aromatic rings. The highest BCUT2D eigenvalue weighted by Gasteiger charge is 2.06. The molecular weight excluding hydrogens is 120 g/mol. The summed E-state index contributed by atoms with van der Waals surface area (Å²) < 4.78 is 0. The van der Waals surface area contributed by atoms with Gasteiger partial charge in [-0.1, -0.05) is 6.08 Å².